The Morgan fingerprint density at radius 2 is 2.20 bits per heavy atom. The molecule has 1 fully saturated rings. The molecule has 1 aromatic heterocycles. The highest BCUT2D eigenvalue weighted by atomic mass is 32.2. The zero-order valence-corrected chi connectivity index (χ0v) is 11.7. The summed E-state index contributed by atoms with van der Waals surface area (Å²) in [5.74, 6) is 0.405. The van der Waals surface area contributed by atoms with Gasteiger partial charge in [0.1, 0.15) is 5.52 Å². The van der Waals surface area contributed by atoms with Crippen molar-refractivity contribution in [2.24, 2.45) is 0 Å². The number of thioether (sulfide) groups is 1. The van der Waals surface area contributed by atoms with E-state index in [1.165, 1.54) is 11.8 Å². The summed E-state index contributed by atoms with van der Waals surface area (Å²) in [6, 6.07) is 5.30. The number of carbonyl (C=O) groups excluding carboxylic acids is 1. The summed E-state index contributed by atoms with van der Waals surface area (Å²) in [6.07, 6.45) is 0. The molecule has 2 aromatic rings. The number of nitrogens with zero attached hydrogens (tertiary/aromatic N) is 2. The standard InChI is InChI=1S/C13H15N3O3S/c14-9-1-2-11-10(7-9)15-13(19-11)20-8-12(17)16-3-5-18-6-4-16/h1-2,7H,3-6,8,14H2. The molecule has 6 nitrogen and oxygen atoms in total. The minimum Gasteiger partial charge on any atom is -0.431 e. The maximum Gasteiger partial charge on any atom is 0.257 e. The second kappa shape index (κ2) is 5.72. The van der Waals surface area contributed by atoms with Gasteiger partial charge in [-0.25, -0.2) is 4.98 Å². The van der Waals surface area contributed by atoms with Gasteiger partial charge < -0.3 is 19.8 Å². The van der Waals surface area contributed by atoms with Crippen LogP contribution in [-0.2, 0) is 9.53 Å². The largest absolute Gasteiger partial charge is 0.431 e. The molecule has 0 unspecified atom stereocenters. The van der Waals surface area contributed by atoms with E-state index in [-0.39, 0.29) is 5.91 Å². The average molecular weight is 293 g/mol. The fourth-order valence-corrected chi connectivity index (χ4v) is 2.75. The second-order valence-corrected chi connectivity index (χ2v) is 5.42. The molecule has 0 bridgehead atoms. The topological polar surface area (TPSA) is 81.6 Å². The number of benzene rings is 1. The molecular formula is C13H15N3O3S. The number of aromatic nitrogens is 1. The highest BCUT2D eigenvalue weighted by Gasteiger charge is 2.18. The fourth-order valence-electron chi connectivity index (χ4n) is 2.01. The van der Waals surface area contributed by atoms with Crippen LogP contribution in [0.5, 0.6) is 0 Å². The third-order valence-corrected chi connectivity index (χ3v) is 3.89. The molecule has 3 rings (SSSR count). The normalized spacial score (nSPS) is 15.7. The number of amides is 1. The summed E-state index contributed by atoms with van der Waals surface area (Å²) in [6.45, 7) is 2.53. The van der Waals surface area contributed by atoms with Crippen molar-refractivity contribution in [2.75, 3.05) is 37.8 Å². The number of oxazole rings is 1. The number of rotatable bonds is 3. The lowest BCUT2D eigenvalue weighted by molar-refractivity contribution is -0.132. The third-order valence-electron chi connectivity index (χ3n) is 3.07. The molecule has 2 heterocycles. The maximum atomic E-state index is 12.0. The summed E-state index contributed by atoms with van der Waals surface area (Å²) < 4.78 is 10.8. The van der Waals surface area contributed by atoms with Crippen LogP contribution in [0.25, 0.3) is 11.1 Å². The van der Waals surface area contributed by atoms with Crippen LogP contribution < -0.4 is 5.73 Å². The zero-order chi connectivity index (χ0) is 13.9. The monoisotopic (exact) mass is 293 g/mol. The Morgan fingerprint density at radius 1 is 1.40 bits per heavy atom. The molecule has 1 aliphatic rings. The molecule has 1 saturated heterocycles. The summed E-state index contributed by atoms with van der Waals surface area (Å²) in [7, 11) is 0. The Kier molecular flexibility index (Phi) is 3.79. The van der Waals surface area contributed by atoms with Crippen LogP contribution in [0.1, 0.15) is 0 Å². The van der Waals surface area contributed by atoms with Crippen molar-refractivity contribution < 1.29 is 13.9 Å². The summed E-state index contributed by atoms with van der Waals surface area (Å²) >= 11 is 1.30. The molecule has 1 amide bonds. The minimum absolute atomic E-state index is 0.0834. The molecule has 0 aliphatic carbocycles. The van der Waals surface area contributed by atoms with Crippen molar-refractivity contribution >= 4 is 34.5 Å². The number of fused-ring (bicyclic) bond motifs is 1. The first-order chi connectivity index (χ1) is 9.72. The van der Waals surface area contributed by atoms with Crippen LogP contribution in [0.4, 0.5) is 5.69 Å². The van der Waals surface area contributed by atoms with Crippen molar-refractivity contribution in [3.8, 4) is 0 Å². The van der Waals surface area contributed by atoms with Crippen LogP contribution in [0, 0.1) is 0 Å². The van der Waals surface area contributed by atoms with Gasteiger partial charge in [-0.3, -0.25) is 4.79 Å². The van der Waals surface area contributed by atoms with Gasteiger partial charge in [0.15, 0.2) is 5.58 Å². The number of morpholine rings is 1. The molecule has 0 spiro atoms. The molecule has 20 heavy (non-hydrogen) atoms. The Morgan fingerprint density at radius 3 is 3.00 bits per heavy atom. The molecule has 0 atom stereocenters. The fraction of sp³-hybridized carbons (Fsp3) is 0.385. The van der Waals surface area contributed by atoms with E-state index in [1.54, 1.807) is 23.1 Å². The number of nitrogens with two attached hydrogens (primary N) is 1. The second-order valence-electron chi connectivity index (χ2n) is 4.49. The van der Waals surface area contributed by atoms with Gasteiger partial charge in [-0.2, -0.15) is 0 Å². The van der Waals surface area contributed by atoms with E-state index in [1.807, 2.05) is 0 Å². The highest BCUT2D eigenvalue weighted by molar-refractivity contribution is 7.99. The van der Waals surface area contributed by atoms with Crippen LogP contribution in [0.2, 0.25) is 0 Å². The van der Waals surface area contributed by atoms with Crippen molar-refractivity contribution in [1.82, 2.24) is 9.88 Å². The first-order valence-electron chi connectivity index (χ1n) is 6.37. The van der Waals surface area contributed by atoms with E-state index in [0.29, 0.717) is 54.1 Å². The smallest absolute Gasteiger partial charge is 0.257 e. The first kappa shape index (κ1) is 13.3. The number of hydrogen-bond acceptors (Lipinski definition) is 6. The van der Waals surface area contributed by atoms with Gasteiger partial charge in [0, 0.05) is 18.8 Å². The SMILES string of the molecule is Nc1ccc2oc(SCC(=O)N3CCOCC3)nc2c1. The lowest BCUT2D eigenvalue weighted by atomic mass is 10.3. The number of ether oxygens (including phenoxy) is 1. The summed E-state index contributed by atoms with van der Waals surface area (Å²) in [4.78, 5) is 18.1. The minimum atomic E-state index is 0.0834. The Hall–Kier alpha value is -1.73. The molecule has 7 heteroatoms. The van der Waals surface area contributed by atoms with Crippen LogP contribution in [0.3, 0.4) is 0 Å². The van der Waals surface area contributed by atoms with Gasteiger partial charge in [0.25, 0.3) is 5.22 Å². The Bertz CT molecular complexity index is 622. The number of anilines is 1. The van der Waals surface area contributed by atoms with E-state index in [4.69, 9.17) is 14.9 Å². The molecule has 1 aliphatic heterocycles. The van der Waals surface area contributed by atoms with E-state index in [9.17, 15) is 4.79 Å². The molecule has 2 N–H and O–H groups in total. The van der Waals surface area contributed by atoms with Gasteiger partial charge in [-0.05, 0) is 18.2 Å². The van der Waals surface area contributed by atoms with Crippen molar-refractivity contribution in [1.29, 1.82) is 0 Å². The molecule has 1 aromatic carbocycles. The summed E-state index contributed by atoms with van der Waals surface area (Å²) in [5.41, 5.74) is 7.73. The van der Waals surface area contributed by atoms with E-state index >= 15 is 0 Å². The Labute approximate surface area is 120 Å². The lowest BCUT2D eigenvalue weighted by Crippen LogP contribution is -2.41. The molecule has 106 valence electrons. The van der Waals surface area contributed by atoms with Crippen LogP contribution >= 0.6 is 11.8 Å². The van der Waals surface area contributed by atoms with Crippen molar-refractivity contribution in [2.45, 2.75) is 5.22 Å². The number of carbonyl (C=O) groups is 1. The number of hydrogen-bond donors (Lipinski definition) is 1. The van der Waals surface area contributed by atoms with Gasteiger partial charge in [0.05, 0.1) is 19.0 Å². The van der Waals surface area contributed by atoms with Gasteiger partial charge >= 0.3 is 0 Å². The average Bonchev–Trinajstić information content (AvgIpc) is 2.87. The predicted molar refractivity (Wildman–Crippen MR) is 76.5 cm³/mol. The number of nitrogen functional groups attached to an aromatic ring is 1. The third kappa shape index (κ3) is 2.88. The zero-order valence-electron chi connectivity index (χ0n) is 10.9. The maximum absolute atomic E-state index is 12.0. The molecule has 0 radical (unpaired) electrons. The van der Waals surface area contributed by atoms with Gasteiger partial charge in [-0.1, -0.05) is 11.8 Å². The Balaban J connectivity index is 1.63. The predicted octanol–water partition coefficient (Wildman–Crippen LogP) is 1.36. The first-order valence-corrected chi connectivity index (χ1v) is 7.35. The van der Waals surface area contributed by atoms with E-state index in [2.05, 4.69) is 4.98 Å². The van der Waals surface area contributed by atoms with Crippen molar-refractivity contribution in [3.63, 3.8) is 0 Å². The highest BCUT2D eigenvalue weighted by Crippen LogP contribution is 2.25. The summed E-state index contributed by atoms with van der Waals surface area (Å²) in [5, 5.41) is 0.493. The van der Waals surface area contributed by atoms with Gasteiger partial charge in [-0.15, -0.1) is 0 Å². The van der Waals surface area contributed by atoms with E-state index in [0.717, 1.165) is 0 Å². The van der Waals surface area contributed by atoms with Crippen molar-refractivity contribution in [3.05, 3.63) is 18.2 Å². The van der Waals surface area contributed by atoms with Gasteiger partial charge in [0.2, 0.25) is 5.91 Å². The molecule has 0 saturated carbocycles. The van der Waals surface area contributed by atoms with E-state index < -0.39 is 0 Å². The quantitative estimate of drug-likeness (QED) is 0.680. The molecular weight excluding hydrogens is 278 g/mol. The van der Waals surface area contributed by atoms with Crippen LogP contribution in [0.15, 0.2) is 27.8 Å². The van der Waals surface area contributed by atoms with Crippen LogP contribution in [-0.4, -0.2) is 47.8 Å². The lowest BCUT2D eigenvalue weighted by Gasteiger charge is -2.26.